The van der Waals surface area contributed by atoms with Crippen LogP contribution in [-0.2, 0) is 24.3 Å². The number of guanidine groups is 1. The van der Waals surface area contributed by atoms with Crippen molar-refractivity contribution in [2.45, 2.75) is 46.7 Å². The third-order valence-electron chi connectivity index (χ3n) is 3.98. The summed E-state index contributed by atoms with van der Waals surface area (Å²) in [5, 5.41) is 9.62. The van der Waals surface area contributed by atoms with Gasteiger partial charge >= 0.3 is 0 Å². The highest BCUT2D eigenvalue weighted by Gasteiger charge is 2.06. The summed E-state index contributed by atoms with van der Waals surface area (Å²) in [6.45, 7) is 7.65. The summed E-state index contributed by atoms with van der Waals surface area (Å²) in [7, 11) is 1.77. The number of nitrogens with zero attached hydrogens (tertiary/aromatic N) is 1. The van der Waals surface area contributed by atoms with Crippen molar-refractivity contribution in [3.63, 3.8) is 0 Å². The van der Waals surface area contributed by atoms with Crippen molar-refractivity contribution in [3.8, 4) is 0 Å². The molecule has 1 aromatic carbocycles. The standard InChI is InChI=1S/C21H30N4OS/c1-5-18-9-10-19(27-18)14-24-21(22-4)23-13-16-7-6-8-17(12-16)25-20(26)11-15(2)3/h6-10,12,15H,5,11,13-14H2,1-4H3,(H,25,26)(H2,22,23,24). The molecule has 0 fully saturated rings. The first-order valence-corrected chi connectivity index (χ1v) is 10.2. The Morgan fingerprint density at radius 2 is 1.85 bits per heavy atom. The molecule has 1 amide bonds. The summed E-state index contributed by atoms with van der Waals surface area (Å²) in [4.78, 5) is 18.9. The molecule has 27 heavy (non-hydrogen) atoms. The van der Waals surface area contributed by atoms with Crippen LogP contribution in [0.4, 0.5) is 5.69 Å². The van der Waals surface area contributed by atoms with E-state index in [4.69, 9.17) is 0 Å². The third kappa shape index (κ3) is 7.43. The zero-order valence-electron chi connectivity index (χ0n) is 16.6. The van der Waals surface area contributed by atoms with Crippen LogP contribution in [0, 0.1) is 5.92 Å². The van der Waals surface area contributed by atoms with Gasteiger partial charge in [-0.1, -0.05) is 32.9 Å². The van der Waals surface area contributed by atoms with Crippen LogP contribution in [0.15, 0.2) is 41.4 Å². The van der Waals surface area contributed by atoms with Gasteiger partial charge in [-0.2, -0.15) is 0 Å². The van der Waals surface area contributed by atoms with E-state index in [9.17, 15) is 4.79 Å². The lowest BCUT2D eigenvalue weighted by Crippen LogP contribution is -2.36. The van der Waals surface area contributed by atoms with Crippen LogP contribution < -0.4 is 16.0 Å². The van der Waals surface area contributed by atoms with Gasteiger partial charge in [-0.15, -0.1) is 11.3 Å². The maximum Gasteiger partial charge on any atom is 0.224 e. The Balaban J connectivity index is 1.84. The Kier molecular flexibility index (Phi) is 8.33. The number of carbonyl (C=O) groups excluding carboxylic acids is 1. The summed E-state index contributed by atoms with van der Waals surface area (Å²) in [5.41, 5.74) is 1.92. The molecule has 0 unspecified atom stereocenters. The van der Waals surface area contributed by atoms with Crippen molar-refractivity contribution < 1.29 is 4.79 Å². The molecular weight excluding hydrogens is 356 g/mol. The van der Waals surface area contributed by atoms with Gasteiger partial charge in [-0.05, 0) is 42.2 Å². The van der Waals surface area contributed by atoms with E-state index in [0.29, 0.717) is 18.9 Å². The number of carbonyl (C=O) groups is 1. The molecule has 0 saturated carbocycles. The van der Waals surface area contributed by atoms with E-state index in [0.717, 1.165) is 30.2 Å². The molecule has 6 heteroatoms. The molecule has 0 bridgehead atoms. The molecule has 0 radical (unpaired) electrons. The molecule has 1 heterocycles. The average Bonchev–Trinajstić information content (AvgIpc) is 3.09. The van der Waals surface area contributed by atoms with Crippen LogP contribution in [0.3, 0.4) is 0 Å². The number of aliphatic imine (C=N–C) groups is 1. The monoisotopic (exact) mass is 386 g/mol. The first-order chi connectivity index (χ1) is 13.0. The number of anilines is 1. The number of thiophene rings is 1. The average molecular weight is 387 g/mol. The van der Waals surface area contributed by atoms with E-state index < -0.39 is 0 Å². The van der Waals surface area contributed by atoms with Gasteiger partial charge < -0.3 is 16.0 Å². The molecular formula is C21H30N4OS. The fraction of sp³-hybridized carbons (Fsp3) is 0.429. The maximum atomic E-state index is 11.9. The number of nitrogens with one attached hydrogen (secondary N) is 3. The van der Waals surface area contributed by atoms with Gasteiger partial charge in [-0.3, -0.25) is 9.79 Å². The summed E-state index contributed by atoms with van der Waals surface area (Å²) < 4.78 is 0. The molecule has 1 aromatic heterocycles. The fourth-order valence-electron chi connectivity index (χ4n) is 2.63. The molecule has 146 valence electrons. The molecule has 3 N–H and O–H groups in total. The minimum absolute atomic E-state index is 0.0509. The van der Waals surface area contributed by atoms with Crippen LogP contribution in [0.1, 0.15) is 42.5 Å². The van der Waals surface area contributed by atoms with Crippen LogP contribution in [0.5, 0.6) is 0 Å². The number of hydrogen-bond donors (Lipinski definition) is 3. The Bertz CT molecular complexity index is 767. The number of amides is 1. The SMILES string of the molecule is CCc1ccc(CNC(=NC)NCc2cccc(NC(=O)CC(C)C)c2)s1. The predicted molar refractivity (Wildman–Crippen MR) is 115 cm³/mol. The van der Waals surface area contributed by atoms with Crippen molar-refractivity contribution in [3.05, 3.63) is 51.7 Å². The Hall–Kier alpha value is -2.34. The Labute approximate surface area is 166 Å². The molecule has 5 nitrogen and oxygen atoms in total. The van der Waals surface area contributed by atoms with Crippen LogP contribution >= 0.6 is 11.3 Å². The lowest BCUT2D eigenvalue weighted by molar-refractivity contribution is -0.116. The van der Waals surface area contributed by atoms with Gasteiger partial charge in [0.15, 0.2) is 5.96 Å². The smallest absolute Gasteiger partial charge is 0.224 e. The van der Waals surface area contributed by atoms with E-state index in [1.807, 2.05) is 49.4 Å². The van der Waals surface area contributed by atoms with Crippen molar-refractivity contribution in [1.29, 1.82) is 0 Å². The molecule has 0 aliphatic rings. The van der Waals surface area contributed by atoms with E-state index in [1.165, 1.54) is 9.75 Å². The first-order valence-electron chi connectivity index (χ1n) is 9.41. The second-order valence-corrected chi connectivity index (χ2v) is 8.10. The summed E-state index contributed by atoms with van der Waals surface area (Å²) in [6.07, 6.45) is 1.60. The summed E-state index contributed by atoms with van der Waals surface area (Å²) in [6, 6.07) is 12.2. The molecule has 0 aliphatic carbocycles. The predicted octanol–water partition coefficient (Wildman–Crippen LogP) is 4.16. The van der Waals surface area contributed by atoms with E-state index in [2.05, 4.69) is 40.0 Å². The van der Waals surface area contributed by atoms with Gasteiger partial charge in [0.05, 0.1) is 6.54 Å². The van der Waals surface area contributed by atoms with Crippen molar-refractivity contribution in [2.75, 3.05) is 12.4 Å². The normalized spacial score (nSPS) is 11.5. The van der Waals surface area contributed by atoms with Crippen LogP contribution in [-0.4, -0.2) is 18.9 Å². The number of aryl methyl sites for hydroxylation is 1. The topological polar surface area (TPSA) is 65.5 Å². The minimum Gasteiger partial charge on any atom is -0.352 e. The minimum atomic E-state index is 0.0509. The zero-order chi connectivity index (χ0) is 19.6. The first kappa shape index (κ1) is 21.0. The van der Waals surface area contributed by atoms with E-state index in [1.54, 1.807) is 7.05 Å². The highest BCUT2D eigenvalue weighted by atomic mass is 32.1. The lowest BCUT2D eigenvalue weighted by atomic mass is 10.1. The third-order valence-corrected chi connectivity index (χ3v) is 5.21. The zero-order valence-corrected chi connectivity index (χ0v) is 17.5. The van der Waals surface area contributed by atoms with Gasteiger partial charge in [-0.25, -0.2) is 0 Å². The van der Waals surface area contributed by atoms with Crippen molar-refractivity contribution in [1.82, 2.24) is 10.6 Å². The molecule has 2 rings (SSSR count). The van der Waals surface area contributed by atoms with Gasteiger partial charge in [0.1, 0.15) is 0 Å². The van der Waals surface area contributed by atoms with E-state index in [-0.39, 0.29) is 5.91 Å². The number of hydrogen-bond acceptors (Lipinski definition) is 3. The van der Waals surface area contributed by atoms with Gasteiger partial charge in [0.2, 0.25) is 5.91 Å². The Morgan fingerprint density at radius 3 is 2.52 bits per heavy atom. The largest absolute Gasteiger partial charge is 0.352 e. The molecule has 0 spiro atoms. The highest BCUT2D eigenvalue weighted by molar-refractivity contribution is 7.11. The summed E-state index contributed by atoms with van der Waals surface area (Å²) in [5.74, 6) is 1.16. The molecule has 0 saturated heterocycles. The van der Waals surface area contributed by atoms with E-state index >= 15 is 0 Å². The Morgan fingerprint density at radius 1 is 1.11 bits per heavy atom. The summed E-state index contributed by atoms with van der Waals surface area (Å²) >= 11 is 1.83. The second kappa shape index (κ2) is 10.7. The van der Waals surface area contributed by atoms with Gasteiger partial charge in [0, 0.05) is 35.5 Å². The number of rotatable bonds is 8. The lowest BCUT2D eigenvalue weighted by Gasteiger charge is -2.12. The molecule has 2 aromatic rings. The molecule has 0 atom stereocenters. The van der Waals surface area contributed by atoms with Crippen molar-refractivity contribution in [2.24, 2.45) is 10.9 Å². The van der Waals surface area contributed by atoms with Crippen LogP contribution in [0.2, 0.25) is 0 Å². The maximum absolute atomic E-state index is 11.9. The molecule has 0 aliphatic heterocycles. The second-order valence-electron chi connectivity index (χ2n) is 6.85. The quantitative estimate of drug-likeness (QED) is 0.471. The fourth-order valence-corrected chi connectivity index (χ4v) is 3.52. The highest BCUT2D eigenvalue weighted by Crippen LogP contribution is 2.16. The van der Waals surface area contributed by atoms with Gasteiger partial charge in [0.25, 0.3) is 0 Å². The number of benzene rings is 1. The van der Waals surface area contributed by atoms with Crippen LogP contribution in [0.25, 0.3) is 0 Å². The van der Waals surface area contributed by atoms with Crippen molar-refractivity contribution >= 4 is 28.9 Å².